The molecule has 0 aromatic heterocycles. The number of nitrogens with zero attached hydrogens (tertiary/aromatic N) is 1. The van der Waals surface area contributed by atoms with Crippen LogP contribution in [0.25, 0.3) is 6.08 Å². The summed E-state index contributed by atoms with van der Waals surface area (Å²) in [5.41, 5.74) is 3.24. The summed E-state index contributed by atoms with van der Waals surface area (Å²) in [5.74, 6) is 3.30. The second-order valence-electron chi connectivity index (χ2n) is 8.05. The highest BCUT2D eigenvalue weighted by Crippen LogP contribution is 2.43. The molecule has 7 nitrogen and oxygen atoms in total. The van der Waals surface area contributed by atoms with Crippen LogP contribution < -0.4 is 23.7 Å². The van der Waals surface area contributed by atoms with Gasteiger partial charge in [-0.1, -0.05) is 24.3 Å². The van der Waals surface area contributed by atoms with E-state index in [1.165, 1.54) is 0 Å². The number of carbonyl (C=O) groups excluding carboxylic acids is 1. The minimum Gasteiger partial charge on any atom is -0.497 e. The topological polar surface area (TPSA) is 66.5 Å². The monoisotopic (exact) mass is 459 g/mol. The van der Waals surface area contributed by atoms with E-state index < -0.39 is 0 Å². The number of carbonyl (C=O) groups is 1. The molecule has 0 radical (unpaired) electrons. The second kappa shape index (κ2) is 9.11. The van der Waals surface area contributed by atoms with E-state index in [9.17, 15) is 4.79 Å². The maximum absolute atomic E-state index is 13.1. The fraction of sp³-hybridized carbons (Fsp3) is 0.222. The van der Waals surface area contributed by atoms with Gasteiger partial charge in [0.05, 0.1) is 32.5 Å². The first-order valence-corrected chi connectivity index (χ1v) is 10.9. The number of para-hydroxylation sites is 1. The molecule has 2 aliphatic rings. The number of fused-ring (bicyclic) bond motifs is 3. The number of ketones is 1. The van der Waals surface area contributed by atoms with E-state index in [-0.39, 0.29) is 11.5 Å². The standard InChI is InChI=1S/C27H25NO6/c1-30-19-9-7-17(8-10-19)14-28-15-21-22(33-16-28)12-11-20-25(29)24(34-27(20)21)13-18-5-4-6-23(31-2)26(18)32-3/h4-13H,14-16H2,1-3H3/b24-13-. The summed E-state index contributed by atoms with van der Waals surface area (Å²) in [5, 5.41) is 0. The summed E-state index contributed by atoms with van der Waals surface area (Å²) >= 11 is 0. The molecule has 174 valence electrons. The lowest BCUT2D eigenvalue weighted by Gasteiger charge is -2.29. The third-order valence-corrected chi connectivity index (χ3v) is 5.97. The molecule has 0 aliphatic carbocycles. The first-order valence-electron chi connectivity index (χ1n) is 10.9. The normalized spacial score (nSPS) is 15.9. The van der Waals surface area contributed by atoms with E-state index in [0.29, 0.717) is 48.2 Å². The Morgan fingerprint density at radius 1 is 0.971 bits per heavy atom. The van der Waals surface area contributed by atoms with Crippen molar-refractivity contribution in [2.24, 2.45) is 0 Å². The van der Waals surface area contributed by atoms with E-state index in [1.54, 1.807) is 39.5 Å². The van der Waals surface area contributed by atoms with Gasteiger partial charge in [-0.05, 0) is 42.0 Å². The number of hydrogen-bond donors (Lipinski definition) is 0. The summed E-state index contributed by atoms with van der Waals surface area (Å²) in [4.78, 5) is 15.3. The van der Waals surface area contributed by atoms with Crippen LogP contribution in [0.4, 0.5) is 0 Å². The molecular weight excluding hydrogens is 434 g/mol. The molecule has 5 rings (SSSR count). The Bertz CT molecular complexity index is 1260. The van der Waals surface area contributed by atoms with Crippen LogP contribution in [0.5, 0.6) is 28.7 Å². The second-order valence-corrected chi connectivity index (χ2v) is 8.05. The van der Waals surface area contributed by atoms with Gasteiger partial charge in [-0.3, -0.25) is 9.69 Å². The molecule has 0 saturated carbocycles. The van der Waals surface area contributed by atoms with Crippen molar-refractivity contribution in [3.05, 3.63) is 82.6 Å². The van der Waals surface area contributed by atoms with Crippen LogP contribution >= 0.6 is 0 Å². The zero-order valence-corrected chi connectivity index (χ0v) is 19.3. The van der Waals surface area contributed by atoms with E-state index in [0.717, 1.165) is 22.6 Å². The van der Waals surface area contributed by atoms with E-state index >= 15 is 0 Å². The first-order chi connectivity index (χ1) is 16.6. The molecule has 0 atom stereocenters. The Morgan fingerprint density at radius 3 is 2.53 bits per heavy atom. The lowest BCUT2D eigenvalue weighted by atomic mass is 10.0. The Balaban J connectivity index is 1.42. The van der Waals surface area contributed by atoms with Crippen molar-refractivity contribution in [1.29, 1.82) is 0 Å². The molecule has 0 bridgehead atoms. The average Bonchev–Trinajstić information content (AvgIpc) is 3.19. The minimum atomic E-state index is -0.171. The zero-order valence-electron chi connectivity index (χ0n) is 19.3. The minimum absolute atomic E-state index is 0.171. The maximum atomic E-state index is 13.1. The Hall–Kier alpha value is -3.97. The number of Topliss-reactive ketones (excluding diaryl/α,β-unsaturated/α-hetero) is 1. The summed E-state index contributed by atoms with van der Waals surface area (Å²) in [6.07, 6.45) is 1.69. The molecule has 2 aliphatic heterocycles. The largest absolute Gasteiger partial charge is 0.497 e. The van der Waals surface area contributed by atoms with E-state index in [4.69, 9.17) is 23.7 Å². The Kier molecular flexibility index (Phi) is 5.86. The molecule has 0 N–H and O–H groups in total. The van der Waals surface area contributed by atoms with Crippen LogP contribution in [0.1, 0.15) is 27.0 Å². The summed E-state index contributed by atoms with van der Waals surface area (Å²) in [6.45, 7) is 1.76. The van der Waals surface area contributed by atoms with Crippen molar-refractivity contribution < 1.29 is 28.5 Å². The smallest absolute Gasteiger partial charge is 0.231 e. The molecule has 2 heterocycles. The van der Waals surface area contributed by atoms with E-state index in [1.807, 2.05) is 42.5 Å². The van der Waals surface area contributed by atoms with Gasteiger partial charge >= 0.3 is 0 Å². The maximum Gasteiger partial charge on any atom is 0.231 e. The summed E-state index contributed by atoms with van der Waals surface area (Å²) < 4.78 is 28.2. The molecule has 0 saturated heterocycles. The van der Waals surface area contributed by atoms with E-state index in [2.05, 4.69) is 4.90 Å². The van der Waals surface area contributed by atoms with Crippen LogP contribution in [0.15, 0.2) is 60.4 Å². The molecule has 0 unspecified atom stereocenters. The van der Waals surface area contributed by atoms with Crippen molar-refractivity contribution in [2.75, 3.05) is 28.1 Å². The number of allylic oxidation sites excluding steroid dienone is 1. The van der Waals surface area contributed by atoms with Crippen LogP contribution in [0, 0.1) is 0 Å². The molecular formula is C27H25NO6. The van der Waals surface area contributed by atoms with Crippen LogP contribution in [-0.4, -0.2) is 38.7 Å². The quantitative estimate of drug-likeness (QED) is 0.496. The molecule has 0 fully saturated rings. The van der Waals surface area contributed by atoms with Gasteiger partial charge in [-0.2, -0.15) is 0 Å². The molecule has 0 spiro atoms. The van der Waals surface area contributed by atoms with Crippen molar-refractivity contribution in [3.63, 3.8) is 0 Å². The SMILES string of the molecule is COc1ccc(CN2COc3ccc4c(c3C2)O/C(=C\c2cccc(OC)c2OC)C4=O)cc1. The third-order valence-electron chi connectivity index (χ3n) is 5.97. The van der Waals surface area contributed by atoms with Crippen LogP contribution in [0.3, 0.4) is 0 Å². The lowest BCUT2D eigenvalue weighted by Crippen LogP contribution is -2.31. The molecule has 34 heavy (non-hydrogen) atoms. The highest BCUT2D eigenvalue weighted by molar-refractivity contribution is 6.15. The zero-order chi connectivity index (χ0) is 23.7. The van der Waals surface area contributed by atoms with Gasteiger partial charge in [0.15, 0.2) is 17.3 Å². The van der Waals surface area contributed by atoms with Gasteiger partial charge in [0.25, 0.3) is 0 Å². The highest BCUT2D eigenvalue weighted by atomic mass is 16.5. The number of hydrogen-bond acceptors (Lipinski definition) is 7. The van der Waals surface area contributed by atoms with Gasteiger partial charge in [-0.25, -0.2) is 0 Å². The average molecular weight is 459 g/mol. The number of ether oxygens (including phenoxy) is 5. The van der Waals surface area contributed by atoms with Gasteiger partial charge in [-0.15, -0.1) is 0 Å². The van der Waals surface area contributed by atoms with Crippen LogP contribution in [-0.2, 0) is 13.1 Å². The van der Waals surface area contributed by atoms with Crippen molar-refractivity contribution in [3.8, 4) is 28.7 Å². The fourth-order valence-corrected chi connectivity index (χ4v) is 4.26. The number of methoxy groups -OCH3 is 3. The molecule has 7 heteroatoms. The number of benzene rings is 3. The van der Waals surface area contributed by atoms with Crippen molar-refractivity contribution >= 4 is 11.9 Å². The predicted molar refractivity (Wildman–Crippen MR) is 127 cm³/mol. The van der Waals surface area contributed by atoms with Gasteiger partial charge in [0.1, 0.15) is 24.0 Å². The molecule has 3 aromatic rings. The third kappa shape index (κ3) is 3.95. The Morgan fingerprint density at radius 2 is 1.79 bits per heavy atom. The predicted octanol–water partition coefficient (Wildman–Crippen LogP) is 4.68. The molecule has 0 amide bonds. The lowest BCUT2D eigenvalue weighted by molar-refractivity contribution is 0.0872. The van der Waals surface area contributed by atoms with Crippen molar-refractivity contribution in [2.45, 2.75) is 13.1 Å². The van der Waals surface area contributed by atoms with Crippen LogP contribution in [0.2, 0.25) is 0 Å². The van der Waals surface area contributed by atoms with Crippen molar-refractivity contribution in [1.82, 2.24) is 4.90 Å². The highest BCUT2D eigenvalue weighted by Gasteiger charge is 2.34. The Labute approximate surface area is 198 Å². The van der Waals surface area contributed by atoms with Gasteiger partial charge in [0, 0.05) is 18.7 Å². The number of rotatable bonds is 6. The molecule has 3 aromatic carbocycles. The fourth-order valence-electron chi connectivity index (χ4n) is 4.26. The summed E-state index contributed by atoms with van der Waals surface area (Å²) in [7, 11) is 4.79. The first kappa shape index (κ1) is 21.9. The van der Waals surface area contributed by atoms with Gasteiger partial charge in [0.2, 0.25) is 5.78 Å². The van der Waals surface area contributed by atoms with Gasteiger partial charge < -0.3 is 23.7 Å². The summed E-state index contributed by atoms with van der Waals surface area (Å²) in [6, 6.07) is 17.1.